The quantitative estimate of drug-likeness (QED) is 0.665. The van der Waals surface area contributed by atoms with Crippen LogP contribution in [0.4, 0.5) is 5.69 Å². The van der Waals surface area contributed by atoms with Crippen molar-refractivity contribution in [1.82, 2.24) is 5.32 Å². The molecule has 2 atom stereocenters. The fraction of sp³-hybridized carbons (Fsp3) is 0.500. The first-order valence-electron chi connectivity index (χ1n) is 6.92. The largest absolute Gasteiger partial charge is 0.376 e. The Bertz CT molecular complexity index is 588. The highest BCUT2D eigenvalue weighted by molar-refractivity contribution is 9.10. The molecule has 1 aromatic carbocycles. The molecule has 0 spiro atoms. The fourth-order valence-electron chi connectivity index (χ4n) is 2.70. The van der Waals surface area contributed by atoms with E-state index >= 15 is 0 Å². The number of carbonyl (C=O) groups excluding carboxylic acids is 1. The molecule has 1 aliphatic heterocycles. The van der Waals surface area contributed by atoms with Crippen LogP contribution in [0.2, 0.25) is 0 Å². The zero-order chi connectivity index (χ0) is 15.0. The minimum atomic E-state index is -0.507. The molecule has 7 heteroatoms. The van der Waals surface area contributed by atoms with Crippen LogP contribution in [0.25, 0.3) is 0 Å². The molecule has 1 saturated heterocycles. The number of amides is 1. The van der Waals surface area contributed by atoms with Crippen LogP contribution in [0, 0.1) is 16.0 Å². The molecule has 0 radical (unpaired) electrons. The predicted octanol–water partition coefficient (Wildman–Crippen LogP) is 2.65. The van der Waals surface area contributed by atoms with Crippen molar-refractivity contribution in [3.05, 3.63) is 38.3 Å². The van der Waals surface area contributed by atoms with Gasteiger partial charge in [0.2, 0.25) is 0 Å². The molecule has 21 heavy (non-hydrogen) atoms. The molecule has 0 aromatic heterocycles. The van der Waals surface area contributed by atoms with Crippen molar-refractivity contribution in [2.45, 2.75) is 31.4 Å². The Morgan fingerprint density at radius 1 is 1.38 bits per heavy atom. The van der Waals surface area contributed by atoms with Gasteiger partial charge in [-0.05, 0) is 53.2 Å². The number of carbonyl (C=O) groups is 1. The predicted molar refractivity (Wildman–Crippen MR) is 79.1 cm³/mol. The minimum absolute atomic E-state index is 0.00713. The van der Waals surface area contributed by atoms with E-state index in [9.17, 15) is 14.9 Å². The lowest BCUT2D eigenvalue weighted by Crippen LogP contribution is -2.41. The number of nitrogens with zero attached hydrogens (tertiary/aromatic N) is 1. The van der Waals surface area contributed by atoms with E-state index in [0.29, 0.717) is 22.6 Å². The minimum Gasteiger partial charge on any atom is -0.376 e. The molecule has 2 aliphatic rings. The highest BCUT2D eigenvalue weighted by atomic mass is 79.9. The van der Waals surface area contributed by atoms with Gasteiger partial charge < -0.3 is 10.1 Å². The van der Waals surface area contributed by atoms with Crippen LogP contribution in [0.1, 0.15) is 29.6 Å². The number of benzene rings is 1. The van der Waals surface area contributed by atoms with Crippen molar-refractivity contribution in [3.8, 4) is 0 Å². The standard InChI is InChI=1S/C14H15BrN2O4/c15-10-4-3-9(7-12(10)17(19)20)14(18)16-11-5-6-21-13(11)8-1-2-8/h3-4,7-8,11,13H,1-2,5-6H2,(H,16,18). The van der Waals surface area contributed by atoms with Gasteiger partial charge in [0.25, 0.3) is 11.6 Å². The maximum Gasteiger partial charge on any atom is 0.284 e. The lowest BCUT2D eigenvalue weighted by atomic mass is 10.1. The van der Waals surface area contributed by atoms with E-state index in [0.717, 1.165) is 19.3 Å². The average molecular weight is 355 g/mol. The number of hydrogen-bond acceptors (Lipinski definition) is 4. The molecular formula is C14H15BrN2O4. The van der Waals surface area contributed by atoms with Gasteiger partial charge >= 0.3 is 0 Å². The van der Waals surface area contributed by atoms with Crippen molar-refractivity contribution >= 4 is 27.5 Å². The van der Waals surface area contributed by atoms with Gasteiger partial charge in [0.05, 0.1) is 21.5 Å². The van der Waals surface area contributed by atoms with Crippen LogP contribution >= 0.6 is 15.9 Å². The molecule has 0 bridgehead atoms. The van der Waals surface area contributed by atoms with E-state index in [-0.39, 0.29) is 23.7 Å². The molecule has 112 valence electrons. The number of hydrogen-bond donors (Lipinski definition) is 1. The summed E-state index contributed by atoms with van der Waals surface area (Å²) in [6.07, 6.45) is 3.20. The summed E-state index contributed by atoms with van der Waals surface area (Å²) in [6.45, 7) is 0.659. The number of nitro groups is 1. The number of halogens is 1. The Labute approximate surface area is 130 Å². The molecule has 2 fully saturated rings. The molecule has 1 saturated carbocycles. The van der Waals surface area contributed by atoms with Crippen LogP contribution < -0.4 is 5.32 Å². The van der Waals surface area contributed by atoms with Crippen molar-refractivity contribution in [2.24, 2.45) is 5.92 Å². The van der Waals surface area contributed by atoms with Crippen molar-refractivity contribution in [2.75, 3.05) is 6.61 Å². The second-order valence-electron chi connectivity index (χ2n) is 5.46. The van der Waals surface area contributed by atoms with Crippen LogP contribution in [-0.2, 0) is 4.74 Å². The Morgan fingerprint density at radius 3 is 2.81 bits per heavy atom. The van der Waals surface area contributed by atoms with E-state index in [2.05, 4.69) is 21.2 Å². The topological polar surface area (TPSA) is 81.5 Å². The summed E-state index contributed by atoms with van der Waals surface area (Å²) < 4.78 is 6.04. The first kappa shape index (κ1) is 14.5. The smallest absolute Gasteiger partial charge is 0.284 e. The van der Waals surface area contributed by atoms with Crippen LogP contribution in [0.15, 0.2) is 22.7 Å². The SMILES string of the molecule is O=C(NC1CCOC1C1CC1)c1ccc(Br)c([N+](=O)[O-])c1. The molecule has 1 aliphatic carbocycles. The lowest BCUT2D eigenvalue weighted by molar-refractivity contribution is -0.385. The number of nitro benzene ring substituents is 1. The normalized spacial score (nSPS) is 24.8. The Morgan fingerprint density at radius 2 is 2.14 bits per heavy atom. The number of ether oxygens (including phenoxy) is 1. The van der Waals surface area contributed by atoms with Gasteiger partial charge in [-0.1, -0.05) is 0 Å². The zero-order valence-electron chi connectivity index (χ0n) is 11.3. The van der Waals surface area contributed by atoms with E-state index in [1.807, 2.05) is 0 Å². The Balaban J connectivity index is 1.73. The molecule has 2 unspecified atom stereocenters. The van der Waals surface area contributed by atoms with Crippen molar-refractivity contribution in [1.29, 1.82) is 0 Å². The summed E-state index contributed by atoms with van der Waals surface area (Å²) in [5.74, 6) is 0.267. The summed E-state index contributed by atoms with van der Waals surface area (Å²) in [6, 6.07) is 4.40. The van der Waals surface area contributed by atoms with Crippen LogP contribution in [0.3, 0.4) is 0 Å². The highest BCUT2D eigenvalue weighted by Gasteiger charge is 2.41. The number of nitrogens with one attached hydrogen (secondary N) is 1. The van der Waals surface area contributed by atoms with E-state index in [4.69, 9.17) is 4.74 Å². The Hall–Kier alpha value is -1.47. The molecule has 6 nitrogen and oxygen atoms in total. The Kier molecular flexibility index (Phi) is 3.95. The molecule has 3 rings (SSSR count). The maximum absolute atomic E-state index is 12.3. The van der Waals surface area contributed by atoms with Gasteiger partial charge in [0.15, 0.2) is 0 Å². The first-order chi connectivity index (χ1) is 10.1. The van der Waals surface area contributed by atoms with Crippen LogP contribution in [0.5, 0.6) is 0 Å². The van der Waals surface area contributed by atoms with Gasteiger partial charge in [0, 0.05) is 18.2 Å². The summed E-state index contributed by atoms with van der Waals surface area (Å²) in [4.78, 5) is 22.7. The molecular weight excluding hydrogens is 340 g/mol. The van der Waals surface area contributed by atoms with E-state index in [1.165, 1.54) is 12.1 Å². The van der Waals surface area contributed by atoms with E-state index in [1.54, 1.807) is 6.07 Å². The fourth-order valence-corrected chi connectivity index (χ4v) is 3.09. The van der Waals surface area contributed by atoms with Crippen LogP contribution in [-0.4, -0.2) is 29.6 Å². The summed E-state index contributed by atoms with van der Waals surface area (Å²) in [7, 11) is 0. The lowest BCUT2D eigenvalue weighted by Gasteiger charge is -2.19. The second-order valence-corrected chi connectivity index (χ2v) is 6.32. The zero-order valence-corrected chi connectivity index (χ0v) is 12.8. The molecule has 1 amide bonds. The third-order valence-electron chi connectivity index (χ3n) is 3.94. The summed E-state index contributed by atoms with van der Waals surface area (Å²) >= 11 is 3.11. The summed E-state index contributed by atoms with van der Waals surface area (Å²) in [5.41, 5.74) is 0.190. The maximum atomic E-state index is 12.3. The first-order valence-corrected chi connectivity index (χ1v) is 7.72. The summed E-state index contributed by atoms with van der Waals surface area (Å²) in [5, 5.41) is 13.9. The third kappa shape index (κ3) is 3.08. The van der Waals surface area contributed by atoms with Crippen molar-refractivity contribution in [3.63, 3.8) is 0 Å². The van der Waals surface area contributed by atoms with Crippen molar-refractivity contribution < 1.29 is 14.5 Å². The second kappa shape index (κ2) is 5.73. The van der Waals surface area contributed by atoms with Gasteiger partial charge in [-0.25, -0.2) is 0 Å². The van der Waals surface area contributed by atoms with Gasteiger partial charge in [-0.3, -0.25) is 14.9 Å². The van der Waals surface area contributed by atoms with Gasteiger partial charge in [0.1, 0.15) is 0 Å². The van der Waals surface area contributed by atoms with Gasteiger partial charge in [-0.2, -0.15) is 0 Å². The van der Waals surface area contributed by atoms with E-state index < -0.39 is 4.92 Å². The average Bonchev–Trinajstić information content (AvgIpc) is 3.19. The highest BCUT2D eigenvalue weighted by Crippen LogP contribution is 2.38. The van der Waals surface area contributed by atoms with Gasteiger partial charge in [-0.15, -0.1) is 0 Å². The monoisotopic (exact) mass is 354 g/mol. The molecule has 1 heterocycles. The molecule has 1 N–H and O–H groups in total. The number of rotatable bonds is 4. The molecule has 1 aromatic rings. The third-order valence-corrected chi connectivity index (χ3v) is 4.61.